The molecule has 1 aromatic rings. The number of benzene rings is 1. The highest BCUT2D eigenvalue weighted by atomic mass is 19.1. The van der Waals surface area contributed by atoms with Crippen molar-refractivity contribution in [2.75, 3.05) is 18.0 Å². The highest BCUT2D eigenvalue weighted by Crippen LogP contribution is 2.24. The van der Waals surface area contributed by atoms with Crippen molar-refractivity contribution in [2.24, 2.45) is 0 Å². The van der Waals surface area contributed by atoms with Gasteiger partial charge in [0, 0.05) is 26.1 Å². The van der Waals surface area contributed by atoms with Crippen LogP contribution in [0, 0.1) is 5.82 Å². The van der Waals surface area contributed by atoms with Crippen LogP contribution >= 0.6 is 0 Å². The van der Waals surface area contributed by atoms with E-state index in [0.29, 0.717) is 31.7 Å². The largest absolute Gasteiger partial charge is 0.372 e. The first kappa shape index (κ1) is 15.8. The van der Waals surface area contributed by atoms with Gasteiger partial charge in [0.1, 0.15) is 5.82 Å². The molecular weight excluding hydrogens is 271 g/mol. The Labute approximate surface area is 125 Å². The smallest absolute Gasteiger partial charge is 0.219 e. The van der Waals surface area contributed by atoms with Crippen molar-refractivity contribution in [1.82, 2.24) is 5.32 Å². The molecule has 1 aliphatic rings. The zero-order chi connectivity index (χ0) is 15.4. The third-order valence-electron chi connectivity index (χ3n) is 3.58. The lowest BCUT2D eigenvalue weighted by atomic mass is 10.1. The predicted molar refractivity (Wildman–Crippen MR) is 80.8 cm³/mol. The summed E-state index contributed by atoms with van der Waals surface area (Å²) in [5, 5.41) is 2.75. The predicted octanol–water partition coefficient (Wildman–Crippen LogP) is 2.47. The summed E-state index contributed by atoms with van der Waals surface area (Å²) in [4.78, 5) is 13.2. The molecule has 0 aromatic heterocycles. The number of rotatable bonds is 4. The van der Waals surface area contributed by atoms with E-state index in [1.54, 1.807) is 13.0 Å². The van der Waals surface area contributed by atoms with E-state index in [2.05, 4.69) is 5.32 Å². The molecule has 1 aliphatic heterocycles. The second-order valence-corrected chi connectivity index (χ2v) is 5.58. The lowest BCUT2D eigenvalue weighted by molar-refractivity contribution is -0.120. The van der Waals surface area contributed by atoms with E-state index in [9.17, 15) is 9.18 Å². The number of halogens is 1. The van der Waals surface area contributed by atoms with Crippen LogP contribution in [0.3, 0.4) is 0 Å². The van der Waals surface area contributed by atoms with Gasteiger partial charge in [0.05, 0.1) is 17.9 Å². The standard InChI is InChI=1S/C16H23FN2O2/c1-4-16(20)18-8-13-5-6-15(14(17)7-13)19-9-11(2)21-12(3)10-19/h5-7,11-12H,4,8-10H2,1-3H3,(H,18,20)/t11-,12+. The van der Waals surface area contributed by atoms with Crippen molar-refractivity contribution in [3.05, 3.63) is 29.6 Å². The van der Waals surface area contributed by atoms with Crippen molar-refractivity contribution in [1.29, 1.82) is 0 Å². The maximum Gasteiger partial charge on any atom is 0.219 e. The van der Waals surface area contributed by atoms with Crippen LogP contribution in [0.25, 0.3) is 0 Å². The number of carbonyl (C=O) groups is 1. The summed E-state index contributed by atoms with van der Waals surface area (Å²) in [5.74, 6) is -0.283. The number of anilines is 1. The Bertz CT molecular complexity index is 497. The molecular formula is C16H23FN2O2. The second kappa shape index (κ2) is 6.89. The van der Waals surface area contributed by atoms with Gasteiger partial charge in [0.15, 0.2) is 0 Å². The fraction of sp³-hybridized carbons (Fsp3) is 0.562. The molecule has 0 saturated carbocycles. The summed E-state index contributed by atoms with van der Waals surface area (Å²) >= 11 is 0. The minimum atomic E-state index is -0.250. The summed E-state index contributed by atoms with van der Waals surface area (Å²) in [6.45, 7) is 7.52. The number of ether oxygens (including phenoxy) is 1. The average molecular weight is 294 g/mol. The summed E-state index contributed by atoms with van der Waals surface area (Å²) in [6, 6.07) is 5.14. The van der Waals surface area contributed by atoms with E-state index in [1.165, 1.54) is 6.07 Å². The minimum Gasteiger partial charge on any atom is -0.372 e. The number of nitrogens with zero attached hydrogens (tertiary/aromatic N) is 1. The molecule has 1 aromatic carbocycles. The van der Waals surface area contributed by atoms with Gasteiger partial charge in [-0.1, -0.05) is 13.0 Å². The molecule has 4 nitrogen and oxygen atoms in total. The number of hydrogen-bond donors (Lipinski definition) is 1. The van der Waals surface area contributed by atoms with Crippen molar-refractivity contribution < 1.29 is 13.9 Å². The Morgan fingerprint density at radius 3 is 2.62 bits per heavy atom. The molecule has 21 heavy (non-hydrogen) atoms. The first-order chi connectivity index (χ1) is 9.99. The van der Waals surface area contributed by atoms with E-state index in [-0.39, 0.29) is 23.9 Å². The van der Waals surface area contributed by atoms with Crippen LogP contribution in [0.1, 0.15) is 32.8 Å². The highest BCUT2D eigenvalue weighted by molar-refractivity contribution is 5.75. The first-order valence-corrected chi connectivity index (χ1v) is 7.45. The van der Waals surface area contributed by atoms with E-state index in [0.717, 1.165) is 5.56 Å². The lowest BCUT2D eigenvalue weighted by Crippen LogP contribution is -2.45. The number of nitrogens with one attached hydrogen (secondary N) is 1. The van der Waals surface area contributed by atoms with E-state index < -0.39 is 0 Å². The van der Waals surface area contributed by atoms with Gasteiger partial charge in [-0.05, 0) is 31.5 Å². The van der Waals surface area contributed by atoms with E-state index >= 15 is 0 Å². The van der Waals surface area contributed by atoms with Gasteiger partial charge in [-0.25, -0.2) is 4.39 Å². The van der Waals surface area contributed by atoms with Crippen molar-refractivity contribution >= 4 is 11.6 Å². The summed E-state index contributed by atoms with van der Waals surface area (Å²) in [6.07, 6.45) is 0.623. The zero-order valence-corrected chi connectivity index (χ0v) is 12.9. The lowest BCUT2D eigenvalue weighted by Gasteiger charge is -2.37. The molecule has 0 aliphatic carbocycles. The average Bonchev–Trinajstić information content (AvgIpc) is 2.43. The first-order valence-electron chi connectivity index (χ1n) is 7.45. The van der Waals surface area contributed by atoms with E-state index in [4.69, 9.17) is 4.74 Å². The van der Waals surface area contributed by atoms with Crippen LogP contribution in [0.15, 0.2) is 18.2 Å². The van der Waals surface area contributed by atoms with Gasteiger partial charge >= 0.3 is 0 Å². The number of morpholine rings is 1. The topological polar surface area (TPSA) is 41.6 Å². The summed E-state index contributed by atoms with van der Waals surface area (Å²) in [5.41, 5.74) is 1.37. The van der Waals surface area contributed by atoms with Crippen LogP contribution in [-0.4, -0.2) is 31.2 Å². The zero-order valence-electron chi connectivity index (χ0n) is 12.9. The molecule has 5 heteroatoms. The molecule has 2 rings (SSSR count). The van der Waals surface area contributed by atoms with E-state index in [1.807, 2.05) is 24.8 Å². The van der Waals surface area contributed by atoms with Gasteiger partial charge in [-0.15, -0.1) is 0 Å². The molecule has 0 unspecified atom stereocenters. The number of hydrogen-bond acceptors (Lipinski definition) is 3. The normalized spacial score (nSPS) is 22.2. The molecule has 0 radical (unpaired) electrons. The fourth-order valence-electron chi connectivity index (χ4n) is 2.62. The number of amides is 1. The minimum absolute atomic E-state index is 0.0321. The molecule has 1 fully saturated rings. The van der Waals surface area contributed by atoms with Crippen molar-refractivity contribution in [3.63, 3.8) is 0 Å². The molecule has 2 atom stereocenters. The Kier molecular flexibility index (Phi) is 5.17. The van der Waals surface area contributed by atoms with Gasteiger partial charge in [0.2, 0.25) is 5.91 Å². The third kappa shape index (κ3) is 4.17. The Morgan fingerprint density at radius 1 is 1.38 bits per heavy atom. The molecule has 1 amide bonds. The molecule has 1 saturated heterocycles. The van der Waals surface area contributed by atoms with Gasteiger partial charge in [-0.3, -0.25) is 4.79 Å². The van der Waals surface area contributed by atoms with Crippen LogP contribution < -0.4 is 10.2 Å². The summed E-state index contributed by atoms with van der Waals surface area (Å²) < 4.78 is 20.0. The highest BCUT2D eigenvalue weighted by Gasteiger charge is 2.24. The second-order valence-electron chi connectivity index (χ2n) is 5.58. The van der Waals surface area contributed by atoms with Gasteiger partial charge in [0.25, 0.3) is 0 Å². The Morgan fingerprint density at radius 2 is 2.05 bits per heavy atom. The van der Waals surface area contributed by atoms with Gasteiger partial charge in [-0.2, -0.15) is 0 Å². The van der Waals surface area contributed by atoms with Crippen molar-refractivity contribution in [2.45, 2.75) is 45.9 Å². The molecule has 116 valence electrons. The molecule has 1 N–H and O–H groups in total. The SMILES string of the molecule is CCC(=O)NCc1ccc(N2C[C@@H](C)O[C@@H](C)C2)c(F)c1. The number of carbonyl (C=O) groups excluding carboxylic acids is 1. The quantitative estimate of drug-likeness (QED) is 0.927. The Hall–Kier alpha value is -1.62. The Balaban J connectivity index is 2.06. The molecule has 0 bridgehead atoms. The third-order valence-corrected chi connectivity index (χ3v) is 3.58. The van der Waals surface area contributed by atoms with Gasteiger partial charge < -0.3 is 15.0 Å². The van der Waals surface area contributed by atoms with Crippen LogP contribution in [0.2, 0.25) is 0 Å². The fourth-order valence-corrected chi connectivity index (χ4v) is 2.62. The van der Waals surface area contributed by atoms with Crippen molar-refractivity contribution in [3.8, 4) is 0 Å². The maximum absolute atomic E-state index is 14.3. The summed E-state index contributed by atoms with van der Waals surface area (Å²) in [7, 11) is 0. The monoisotopic (exact) mass is 294 g/mol. The van der Waals surface area contributed by atoms with Crippen LogP contribution in [0.5, 0.6) is 0 Å². The molecule has 1 heterocycles. The molecule has 0 spiro atoms. The maximum atomic E-state index is 14.3. The van der Waals surface area contributed by atoms with Crippen LogP contribution in [-0.2, 0) is 16.1 Å². The van der Waals surface area contributed by atoms with Crippen LogP contribution in [0.4, 0.5) is 10.1 Å².